The van der Waals surface area contributed by atoms with E-state index in [0.717, 1.165) is 16.6 Å². The third-order valence-corrected chi connectivity index (χ3v) is 2.52. The molecular formula is C11H15BrO. The van der Waals surface area contributed by atoms with E-state index in [1.54, 1.807) is 0 Å². The maximum atomic E-state index is 5.57. The number of halogens is 1. The summed E-state index contributed by atoms with van der Waals surface area (Å²) < 4.78 is 6.63. The van der Waals surface area contributed by atoms with Gasteiger partial charge in [-0.05, 0) is 53.4 Å². The largest absolute Gasteiger partial charge is 0.492 e. The van der Waals surface area contributed by atoms with Crippen molar-refractivity contribution in [2.45, 2.75) is 27.2 Å². The molecule has 0 fully saturated rings. The number of hydrogen-bond acceptors (Lipinski definition) is 1. The molecule has 1 rings (SSSR count). The van der Waals surface area contributed by atoms with Gasteiger partial charge in [0.05, 0.1) is 11.1 Å². The van der Waals surface area contributed by atoms with Crippen molar-refractivity contribution in [3.05, 3.63) is 27.7 Å². The van der Waals surface area contributed by atoms with Gasteiger partial charge in [0.1, 0.15) is 5.75 Å². The van der Waals surface area contributed by atoms with Crippen molar-refractivity contribution < 1.29 is 4.74 Å². The van der Waals surface area contributed by atoms with Crippen LogP contribution in [0.5, 0.6) is 5.75 Å². The number of rotatable bonds is 3. The normalized spacial score (nSPS) is 10.2. The first-order chi connectivity index (χ1) is 6.19. The summed E-state index contributed by atoms with van der Waals surface area (Å²) >= 11 is 3.51. The standard InChI is InChI=1S/C11H15BrO/c1-4-9-6-8(3)7-10(12)11(9)13-5-2/h6-7H,4-5H2,1-3H3. The Balaban J connectivity index is 3.13. The van der Waals surface area contributed by atoms with Crippen LogP contribution in [0.1, 0.15) is 25.0 Å². The fraction of sp³-hybridized carbons (Fsp3) is 0.455. The summed E-state index contributed by atoms with van der Waals surface area (Å²) in [6.07, 6.45) is 1.01. The van der Waals surface area contributed by atoms with Crippen LogP contribution in [0.4, 0.5) is 0 Å². The van der Waals surface area contributed by atoms with E-state index >= 15 is 0 Å². The second-order valence-electron chi connectivity index (χ2n) is 3.02. The Morgan fingerprint density at radius 3 is 2.54 bits per heavy atom. The maximum Gasteiger partial charge on any atom is 0.136 e. The van der Waals surface area contributed by atoms with Gasteiger partial charge in [-0.3, -0.25) is 0 Å². The SMILES string of the molecule is CCOc1c(Br)cc(C)cc1CC. The second-order valence-corrected chi connectivity index (χ2v) is 3.88. The van der Waals surface area contributed by atoms with Crippen LogP contribution in [0.2, 0.25) is 0 Å². The Labute approximate surface area is 88.2 Å². The predicted octanol–water partition coefficient (Wildman–Crippen LogP) is 3.72. The molecule has 1 aromatic carbocycles. The lowest BCUT2D eigenvalue weighted by atomic mass is 10.1. The van der Waals surface area contributed by atoms with Gasteiger partial charge >= 0.3 is 0 Å². The third-order valence-electron chi connectivity index (χ3n) is 1.93. The molecule has 0 amide bonds. The van der Waals surface area contributed by atoms with Crippen molar-refractivity contribution in [3.8, 4) is 5.75 Å². The van der Waals surface area contributed by atoms with Crippen LogP contribution in [-0.2, 0) is 6.42 Å². The molecule has 0 aliphatic carbocycles. The van der Waals surface area contributed by atoms with E-state index in [4.69, 9.17) is 4.74 Å². The summed E-state index contributed by atoms with van der Waals surface area (Å²) in [5, 5.41) is 0. The zero-order chi connectivity index (χ0) is 9.84. The quantitative estimate of drug-likeness (QED) is 0.786. The first kappa shape index (κ1) is 10.6. The topological polar surface area (TPSA) is 9.23 Å². The van der Waals surface area contributed by atoms with Crippen LogP contribution >= 0.6 is 15.9 Å². The molecule has 0 saturated heterocycles. The summed E-state index contributed by atoms with van der Waals surface area (Å²) in [5.74, 6) is 0.996. The van der Waals surface area contributed by atoms with Crippen molar-refractivity contribution in [3.63, 3.8) is 0 Å². The van der Waals surface area contributed by atoms with Gasteiger partial charge in [-0.25, -0.2) is 0 Å². The Morgan fingerprint density at radius 1 is 1.31 bits per heavy atom. The Kier molecular flexibility index (Phi) is 3.79. The average molecular weight is 243 g/mol. The van der Waals surface area contributed by atoms with E-state index in [-0.39, 0.29) is 0 Å². The van der Waals surface area contributed by atoms with Crippen LogP contribution in [0.15, 0.2) is 16.6 Å². The van der Waals surface area contributed by atoms with Gasteiger partial charge in [-0.1, -0.05) is 13.0 Å². The lowest BCUT2D eigenvalue weighted by Crippen LogP contribution is -1.97. The van der Waals surface area contributed by atoms with Crippen molar-refractivity contribution in [1.29, 1.82) is 0 Å². The molecular weight excluding hydrogens is 228 g/mol. The molecule has 0 N–H and O–H groups in total. The van der Waals surface area contributed by atoms with E-state index in [1.807, 2.05) is 6.92 Å². The van der Waals surface area contributed by atoms with Crippen molar-refractivity contribution >= 4 is 15.9 Å². The minimum absolute atomic E-state index is 0.717. The maximum absolute atomic E-state index is 5.57. The number of aryl methyl sites for hydroxylation is 2. The minimum Gasteiger partial charge on any atom is -0.492 e. The number of ether oxygens (including phenoxy) is 1. The number of hydrogen-bond donors (Lipinski definition) is 0. The highest BCUT2D eigenvalue weighted by Crippen LogP contribution is 2.30. The zero-order valence-electron chi connectivity index (χ0n) is 8.36. The van der Waals surface area contributed by atoms with Gasteiger partial charge in [0, 0.05) is 0 Å². The molecule has 72 valence electrons. The van der Waals surface area contributed by atoms with Crippen molar-refractivity contribution in [2.24, 2.45) is 0 Å². The van der Waals surface area contributed by atoms with Crippen LogP contribution in [-0.4, -0.2) is 6.61 Å². The predicted molar refractivity (Wildman–Crippen MR) is 59.4 cm³/mol. The Bertz CT molecular complexity index is 294. The molecule has 1 nitrogen and oxygen atoms in total. The summed E-state index contributed by atoms with van der Waals surface area (Å²) in [5.41, 5.74) is 2.54. The fourth-order valence-electron chi connectivity index (χ4n) is 1.37. The molecule has 1 aromatic rings. The van der Waals surface area contributed by atoms with E-state index in [9.17, 15) is 0 Å². The van der Waals surface area contributed by atoms with Crippen LogP contribution in [0.25, 0.3) is 0 Å². The molecule has 0 aromatic heterocycles. The zero-order valence-corrected chi connectivity index (χ0v) is 9.94. The summed E-state index contributed by atoms with van der Waals surface area (Å²) in [4.78, 5) is 0. The Morgan fingerprint density at radius 2 is 2.00 bits per heavy atom. The minimum atomic E-state index is 0.717. The summed E-state index contributed by atoms with van der Waals surface area (Å²) in [6.45, 7) is 6.96. The van der Waals surface area contributed by atoms with Gasteiger partial charge in [0.15, 0.2) is 0 Å². The molecule has 0 unspecified atom stereocenters. The van der Waals surface area contributed by atoms with Crippen molar-refractivity contribution in [2.75, 3.05) is 6.61 Å². The first-order valence-corrected chi connectivity index (χ1v) is 5.40. The molecule has 0 atom stereocenters. The second kappa shape index (κ2) is 4.66. The monoisotopic (exact) mass is 242 g/mol. The molecule has 0 aliphatic rings. The molecule has 0 saturated carbocycles. The van der Waals surface area contributed by atoms with E-state index in [2.05, 4.69) is 41.9 Å². The van der Waals surface area contributed by atoms with Crippen molar-refractivity contribution in [1.82, 2.24) is 0 Å². The Hall–Kier alpha value is -0.500. The smallest absolute Gasteiger partial charge is 0.136 e. The molecule has 2 heteroatoms. The van der Waals surface area contributed by atoms with Crippen LogP contribution in [0.3, 0.4) is 0 Å². The van der Waals surface area contributed by atoms with E-state index in [0.29, 0.717) is 6.61 Å². The van der Waals surface area contributed by atoms with Gasteiger partial charge in [0.25, 0.3) is 0 Å². The lowest BCUT2D eigenvalue weighted by Gasteiger charge is -2.11. The van der Waals surface area contributed by atoms with E-state index in [1.165, 1.54) is 11.1 Å². The highest BCUT2D eigenvalue weighted by atomic mass is 79.9. The third kappa shape index (κ3) is 2.47. The molecule has 0 spiro atoms. The fourth-order valence-corrected chi connectivity index (χ4v) is 2.10. The molecule has 0 heterocycles. The van der Waals surface area contributed by atoms with E-state index < -0.39 is 0 Å². The van der Waals surface area contributed by atoms with Gasteiger partial charge in [-0.15, -0.1) is 0 Å². The lowest BCUT2D eigenvalue weighted by molar-refractivity contribution is 0.334. The van der Waals surface area contributed by atoms with Gasteiger partial charge < -0.3 is 4.74 Å². The highest BCUT2D eigenvalue weighted by Gasteiger charge is 2.06. The average Bonchev–Trinajstić information content (AvgIpc) is 2.09. The molecule has 13 heavy (non-hydrogen) atoms. The van der Waals surface area contributed by atoms with Gasteiger partial charge in [-0.2, -0.15) is 0 Å². The van der Waals surface area contributed by atoms with Gasteiger partial charge in [0.2, 0.25) is 0 Å². The summed E-state index contributed by atoms with van der Waals surface area (Å²) in [6, 6.07) is 4.26. The molecule has 0 bridgehead atoms. The molecule has 0 aliphatic heterocycles. The number of benzene rings is 1. The van der Waals surface area contributed by atoms with Crippen LogP contribution in [0, 0.1) is 6.92 Å². The highest BCUT2D eigenvalue weighted by molar-refractivity contribution is 9.10. The molecule has 0 radical (unpaired) electrons. The first-order valence-electron chi connectivity index (χ1n) is 4.60. The summed E-state index contributed by atoms with van der Waals surface area (Å²) in [7, 11) is 0. The van der Waals surface area contributed by atoms with Crippen LogP contribution < -0.4 is 4.74 Å².